The smallest absolute Gasteiger partial charge is 0.224 e. The Morgan fingerprint density at radius 3 is 2.84 bits per heavy atom. The zero-order valence-electron chi connectivity index (χ0n) is 10.5. The summed E-state index contributed by atoms with van der Waals surface area (Å²) in [6, 6.07) is 8.82. The number of carbonyl (C=O) groups excluding carboxylic acids is 1. The van der Waals surface area contributed by atoms with Crippen molar-refractivity contribution in [3.8, 4) is 6.07 Å². The summed E-state index contributed by atoms with van der Waals surface area (Å²) < 4.78 is 13.4. The number of nitriles is 1. The standard InChI is InChI=1S/C14H15FN2OS/c15-12-3-1-2-4-13(12)19-10-7-14(18)17(9-8-16)11-5-6-11/h1-4,11H,5-7,9-10H2. The van der Waals surface area contributed by atoms with Crippen LogP contribution in [0.1, 0.15) is 19.3 Å². The zero-order valence-corrected chi connectivity index (χ0v) is 11.3. The van der Waals surface area contributed by atoms with Crippen LogP contribution >= 0.6 is 11.8 Å². The molecule has 0 saturated heterocycles. The first kappa shape index (κ1) is 13.9. The Balaban J connectivity index is 1.80. The molecule has 0 N–H and O–H groups in total. The number of benzene rings is 1. The third-order valence-electron chi connectivity index (χ3n) is 2.96. The van der Waals surface area contributed by atoms with Crippen LogP contribution < -0.4 is 0 Å². The molecule has 0 atom stereocenters. The Hall–Kier alpha value is -1.54. The lowest BCUT2D eigenvalue weighted by molar-refractivity contribution is -0.130. The first-order valence-electron chi connectivity index (χ1n) is 6.26. The maximum absolute atomic E-state index is 13.4. The van der Waals surface area contributed by atoms with Gasteiger partial charge in [-0.2, -0.15) is 5.26 Å². The summed E-state index contributed by atoms with van der Waals surface area (Å²) in [5.41, 5.74) is 0. The average Bonchev–Trinajstić information content (AvgIpc) is 3.22. The van der Waals surface area contributed by atoms with E-state index >= 15 is 0 Å². The van der Waals surface area contributed by atoms with Crippen molar-refractivity contribution in [2.24, 2.45) is 0 Å². The molecular weight excluding hydrogens is 263 g/mol. The molecule has 0 unspecified atom stereocenters. The molecule has 0 aliphatic heterocycles. The number of carbonyl (C=O) groups is 1. The maximum Gasteiger partial charge on any atom is 0.224 e. The molecule has 1 aliphatic carbocycles. The highest BCUT2D eigenvalue weighted by Crippen LogP contribution is 2.28. The van der Waals surface area contributed by atoms with E-state index in [0.717, 1.165) is 12.8 Å². The van der Waals surface area contributed by atoms with Crippen LogP contribution in [0.2, 0.25) is 0 Å². The molecule has 0 spiro atoms. The molecule has 1 aromatic carbocycles. The molecule has 0 heterocycles. The lowest BCUT2D eigenvalue weighted by Gasteiger charge is -2.18. The number of amides is 1. The molecule has 1 amide bonds. The van der Waals surface area contributed by atoms with E-state index in [9.17, 15) is 9.18 Å². The topological polar surface area (TPSA) is 44.1 Å². The van der Waals surface area contributed by atoms with Crippen LogP contribution in [0.4, 0.5) is 4.39 Å². The second kappa shape index (κ2) is 6.58. The molecule has 5 heteroatoms. The fraction of sp³-hybridized carbons (Fsp3) is 0.429. The van der Waals surface area contributed by atoms with Gasteiger partial charge in [0.05, 0.1) is 6.07 Å². The molecule has 0 aromatic heterocycles. The third-order valence-corrected chi connectivity index (χ3v) is 4.01. The third kappa shape index (κ3) is 3.97. The van der Waals surface area contributed by atoms with Crippen LogP contribution in [-0.4, -0.2) is 29.1 Å². The van der Waals surface area contributed by atoms with Gasteiger partial charge in [0.2, 0.25) is 5.91 Å². The number of halogens is 1. The normalized spacial score (nSPS) is 13.9. The number of thioether (sulfide) groups is 1. The van der Waals surface area contributed by atoms with Crippen molar-refractivity contribution in [2.45, 2.75) is 30.2 Å². The number of nitrogens with zero attached hydrogens (tertiary/aromatic N) is 2. The van der Waals surface area contributed by atoms with Gasteiger partial charge in [0.25, 0.3) is 0 Å². The van der Waals surface area contributed by atoms with Gasteiger partial charge < -0.3 is 4.90 Å². The predicted octanol–water partition coefficient (Wildman–Crippen LogP) is 2.82. The van der Waals surface area contributed by atoms with Crippen LogP contribution in [-0.2, 0) is 4.79 Å². The van der Waals surface area contributed by atoms with Crippen LogP contribution in [0.5, 0.6) is 0 Å². The van der Waals surface area contributed by atoms with Gasteiger partial charge in [0.15, 0.2) is 0 Å². The van der Waals surface area contributed by atoms with Gasteiger partial charge in [-0.1, -0.05) is 12.1 Å². The zero-order chi connectivity index (χ0) is 13.7. The molecule has 1 aromatic rings. The highest BCUT2D eigenvalue weighted by atomic mass is 32.2. The summed E-state index contributed by atoms with van der Waals surface area (Å²) >= 11 is 1.34. The largest absolute Gasteiger partial charge is 0.326 e. The van der Waals surface area contributed by atoms with Gasteiger partial charge in [0.1, 0.15) is 12.4 Å². The Morgan fingerprint density at radius 1 is 1.47 bits per heavy atom. The van der Waals surface area contributed by atoms with Crippen LogP contribution in [0, 0.1) is 17.1 Å². The van der Waals surface area contributed by atoms with Gasteiger partial charge in [-0.3, -0.25) is 4.79 Å². The second-order valence-electron chi connectivity index (χ2n) is 4.44. The van der Waals surface area contributed by atoms with Crippen molar-refractivity contribution < 1.29 is 9.18 Å². The SMILES string of the molecule is N#CCN(C(=O)CCSc1ccccc1F)C1CC1. The van der Waals surface area contributed by atoms with Crippen molar-refractivity contribution >= 4 is 17.7 Å². The van der Waals surface area contributed by atoms with Gasteiger partial charge in [-0.25, -0.2) is 4.39 Å². The summed E-state index contributed by atoms with van der Waals surface area (Å²) in [7, 11) is 0. The fourth-order valence-corrected chi connectivity index (χ4v) is 2.71. The van der Waals surface area contributed by atoms with E-state index < -0.39 is 0 Å². The van der Waals surface area contributed by atoms with E-state index in [1.165, 1.54) is 17.8 Å². The fourth-order valence-electron chi connectivity index (χ4n) is 1.84. The quantitative estimate of drug-likeness (QED) is 0.593. The van der Waals surface area contributed by atoms with Gasteiger partial charge in [-0.15, -0.1) is 11.8 Å². The minimum Gasteiger partial charge on any atom is -0.326 e. The van der Waals surface area contributed by atoms with E-state index in [-0.39, 0.29) is 24.3 Å². The van der Waals surface area contributed by atoms with Crippen molar-refractivity contribution in [2.75, 3.05) is 12.3 Å². The Morgan fingerprint density at radius 2 is 2.21 bits per heavy atom. The molecule has 0 radical (unpaired) electrons. The monoisotopic (exact) mass is 278 g/mol. The highest BCUT2D eigenvalue weighted by Gasteiger charge is 2.31. The van der Waals surface area contributed by atoms with Crippen LogP contribution in [0.3, 0.4) is 0 Å². The highest BCUT2D eigenvalue weighted by molar-refractivity contribution is 7.99. The van der Waals surface area contributed by atoms with Crippen molar-refractivity contribution in [1.82, 2.24) is 4.90 Å². The van der Waals surface area contributed by atoms with E-state index in [0.29, 0.717) is 17.1 Å². The summed E-state index contributed by atoms with van der Waals surface area (Å²) in [5, 5.41) is 8.70. The Labute approximate surface area is 116 Å². The molecular formula is C14H15FN2OS. The van der Waals surface area contributed by atoms with Gasteiger partial charge in [0, 0.05) is 23.1 Å². The lowest BCUT2D eigenvalue weighted by Crippen LogP contribution is -2.33. The number of hydrogen-bond donors (Lipinski definition) is 0. The molecule has 19 heavy (non-hydrogen) atoms. The summed E-state index contributed by atoms with van der Waals surface area (Å²) in [5.74, 6) is 0.276. The minimum atomic E-state index is -0.254. The number of rotatable bonds is 6. The Kier molecular flexibility index (Phi) is 4.80. The maximum atomic E-state index is 13.4. The van der Waals surface area contributed by atoms with Gasteiger partial charge >= 0.3 is 0 Å². The van der Waals surface area contributed by atoms with Gasteiger partial charge in [-0.05, 0) is 25.0 Å². The van der Waals surface area contributed by atoms with E-state index in [1.807, 2.05) is 6.07 Å². The first-order chi connectivity index (χ1) is 9.22. The second-order valence-corrected chi connectivity index (χ2v) is 5.58. The molecule has 1 aliphatic rings. The molecule has 3 nitrogen and oxygen atoms in total. The molecule has 100 valence electrons. The molecule has 2 rings (SSSR count). The van der Waals surface area contributed by atoms with Crippen LogP contribution in [0.25, 0.3) is 0 Å². The average molecular weight is 278 g/mol. The first-order valence-corrected chi connectivity index (χ1v) is 7.24. The molecule has 1 saturated carbocycles. The van der Waals surface area contributed by atoms with E-state index in [4.69, 9.17) is 5.26 Å². The minimum absolute atomic E-state index is 0.00658. The molecule has 1 fully saturated rings. The van der Waals surface area contributed by atoms with Crippen molar-refractivity contribution in [3.63, 3.8) is 0 Å². The molecule has 0 bridgehead atoms. The number of hydrogen-bond acceptors (Lipinski definition) is 3. The predicted molar refractivity (Wildman–Crippen MR) is 72.1 cm³/mol. The summed E-state index contributed by atoms with van der Waals surface area (Å²) in [6.07, 6.45) is 2.33. The van der Waals surface area contributed by atoms with E-state index in [2.05, 4.69) is 0 Å². The van der Waals surface area contributed by atoms with Crippen LogP contribution in [0.15, 0.2) is 29.2 Å². The lowest BCUT2D eigenvalue weighted by atomic mass is 10.3. The van der Waals surface area contributed by atoms with E-state index in [1.54, 1.807) is 23.1 Å². The Bertz CT molecular complexity index is 496. The summed E-state index contributed by atoms with van der Waals surface area (Å²) in [6.45, 7) is 0.161. The summed E-state index contributed by atoms with van der Waals surface area (Å²) in [4.78, 5) is 14.2. The van der Waals surface area contributed by atoms with Crippen molar-refractivity contribution in [1.29, 1.82) is 5.26 Å². The van der Waals surface area contributed by atoms with Crippen molar-refractivity contribution in [3.05, 3.63) is 30.1 Å².